The maximum atomic E-state index is 13.0. The SMILES string of the molecule is CNC(=O)C1CCCCN1C(=O)NC1CCN(Cc2ccc(F)cc2)CC1. The highest BCUT2D eigenvalue weighted by Crippen LogP contribution is 2.19. The van der Waals surface area contributed by atoms with Crippen LogP contribution in [-0.4, -0.2) is 60.5 Å². The van der Waals surface area contributed by atoms with Gasteiger partial charge in [0.1, 0.15) is 11.9 Å². The van der Waals surface area contributed by atoms with Gasteiger partial charge in [0.15, 0.2) is 0 Å². The number of likely N-dealkylation sites (tertiary alicyclic amines) is 2. The van der Waals surface area contributed by atoms with Crippen molar-refractivity contribution in [2.75, 3.05) is 26.7 Å². The van der Waals surface area contributed by atoms with Crippen molar-refractivity contribution < 1.29 is 14.0 Å². The Kier molecular flexibility index (Phi) is 6.66. The molecule has 148 valence electrons. The van der Waals surface area contributed by atoms with Crippen molar-refractivity contribution in [2.45, 2.75) is 50.7 Å². The van der Waals surface area contributed by atoms with Gasteiger partial charge in [0, 0.05) is 39.3 Å². The van der Waals surface area contributed by atoms with E-state index >= 15 is 0 Å². The number of carbonyl (C=O) groups excluding carboxylic acids is 2. The molecule has 2 aliphatic rings. The van der Waals surface area contributed by atoms with Gasteiger partial charge in [0.2, 0.25) is 5.91 Å². The maximum absolute atomic E-state index is 13.0. The first-order valence-corrected chi connectivity index (χ1v) is 9.82. The molecule has 2 heterocycles. The minimum atomic E-state index is -0.359. The molecule has 1 unspecified atom stereocenters. The van der Waals surface area contributed by atoms with Crippen LogP contribution in [0.25, 0.3) is 0 Å². The predicted molar refractivity (Wildman–Crippen MR) is 102 cm³/mol. The largest absolute Gasteiger partial charge is 0.357 e. The number of carbonyl (C=O) groups is 2. The van der Waals surface area contributed by atoms with Crippen LogP contribution in [0.5, 0.6) is 0 Å². The number of halogens is 1. The van der Waals surface area contributed by atoms with Crippen LogP contribution in [0.4, 0.5) is 9.18 Å². The van der Waals surface area contributed by atoms with Gasteiger partial charge in [0.05, 0.1) is 0 Å². The van der Waals surface area contributed by atoms with Crippen molar-refractivity contribution in [1.82, 2.24) is 20.4 Å². The van der Waals surface area contributed by atoms with Crippen LogP contribution in [-0.2, 0) is 11.3 Å². The van der Waals surface area contributed by atoms with Gasteiger partial charge in [-0.25, -0.2) is 9.18 Å². The quantitative estimate of drug-likeness (QED) is 0.846. The Morgan fingerprint density at radius 2 is 1.78 bits per heavy atom. The molecule has 7 heteroatoms. The highest BCUT2D eigenvalue weighted by Gasteiger charge is 2.32. The van der Waals surface area contributed by atoms with Crippen LogP contribution in [0.1, 0.15) is 37.7 Å². The Hall–Kier alpha value is -2.15. The van der Waals surface area contributed by atoms with Gasteiger partial charge < -0.3 is 15.5 Å². The van der Waals surface area contributed by atoms with E-state index < -0.39 is 0 Å². The number of benzene rings is 1. The summed E-state index contributed by atoms with van der Waals surface area (Å²) in [7, 11) is 1.61. The summed E-state index contributed by atoms with van der Waals surface area (Å²) in [6.07, 6.45) is 4.40. The summed E-state index contributed by atoms with van der Waals surface area (Å²) in [5, 5.41) is 5.79. The lowest BCUT2D eigenvalue weighted by Gasteiger charge is -2.37. The first-order valence-electron chi connectivity index (χ1n) is 9.82. The minimum absolute atomic E-state index is 0.0843. The van der Waals surface area contributed by atoms with E-state index in [4.69, 9.17) is 0 Å². The molecule has 3 amide bonds. The number of urea groups is 1. The van der Waals surface area contributed by atoms with E-state index in [-0.39, 0.29) is 29.8 Å². The summed E-state index contributed by atoms with van der Waals surface area (Å²) in [6.45, 7) is 3.21. The number of amides is 3. The molecule has 0 aliphatic carbocycles. The third-order valence-electron chi connectivity index (χ3n) is 5.55. The zero-order valence-corrected chi connectivity index (χ0v) is 15.9. The molecular formula is C20H29FN4O2. The fourth-order valence-corrected chi connectivity index (χ4v) is 3.95. The highest BCUT2D eigenvalue weighted by atomic mass is 19.1. The Morgan fingerprint density at radius 1 is 1.07 bits per heavy atom. The first-order chi connectivity index (χ1) is 13.1. The van der Waals surface area contributed by atoms with Crippen molar-refractivity contribution >= 4 is 11.9 Å². The molecule has 2 N–H and O–H groups in total. The van der Waals surface area contributed by atoms with Gasteiger partial charge in [-0.05, 0) is 49.8 Å². The zero-order chi connectivity index (χ0) is 19.2. The van der Waals surface area contributed by atoms with Crippen LogP contribution in [0.2, 0.25) is 0 Å². The molecule has 0 saturated carbocycles. The summed E-state index contributed by atoms with van der Waals surface area (Å²) in [5.74, 6) is -0.299. The third-order valence-corrected chi connectivity index (χ3v) is 5.55. The van der Waals surface area contributed by atoms with E-state index in [0.29, 0.717) is 6.54 Å². The molecule has 0 aromatic heterocycles. The number of nitrogens with one attached hydrogen (secondary N) is 2. The molecule has 6 nitrogen and oxygen atoms in total. The van der Waals surface area contributed by atoms with Crippen molar-refractivity contribution in [2.24, 2.45) is 0 Å². The molecule has 2 saturated heterocycles. The van der Waals surface area contributed by atoms with E-state index in [1.165, 1.54) is 12.1 Å². The lowest BCUT2D eigenvalue weighted by atomic mass is 10.0. The smallest absolute Gasteiger partial charge is 0.318 e. The van der Waals surface area contributed by atoms with E-state index in [2.05, 4.69) is 15.5 Å². The topological polar surface area (TPSA) is 64.7 Å². The summed E-state index contributed by atoms with van der Waals surface area (Å²) in [4.78, 5) is 28.7. The third kappa shape index (κ3) is 5.19. The number of nitrogens with zero attached hydrogens (tertiary/aromatic N) is 2. The average Bonchev–Trinajstić information content (AvgIpc) is 2.70. The maximum Gasteiger partial charge on any atom is 0.318 e. The molecule has 2 aliphatic heterocycles. The van der Waals surface area contributed by atoms with Crippen molar-refractivity contribution in [3.8, 4) is 0 Å². The lowest BCUT2D eigenvalue weighted by molar-refractivity contribution is -0.125. The van der Waals surface area contributed by atoms with Crippen LogP contribution in [0.3, 0.4) is 0 Å². The second kappa shape index (κ2) is 9.17. The van der Waals surface area contributed by atoms with Crippen LogP contribution in [0.15, 0.2) is 24.3 Å². The second-order valence-corrected chi connectivity index (χ2v) is 7.45. The molecule has 0 radical (unpaired) electrons. The minimum Gasteiger partial charge on any atom is -0.357 e. The van der Waals surface area contributed by atoms with E-state index in [9.17, 15) is 14.0 Å². The normalized spacial score (nSPS) is 21.7. The summed E-state index contributed by atoms with van der Waals surface area (Å²) >= 11 is 0. The molecule has 27 heavy (non-hydrogen) atoms. The fraction of sp³-hybridized carbons (Fsp3) is 0.600. The van der Waals surface area contributed by atoms with E-state index in [1.54, 1.807) is 11.9 Å². The van der Waals surface area contributed by atoms with Gasteiger partial charge in [-0.15, -0.1) is 0 Å². The number of likely N-dealkylation sites (N-methyl/N-ethyl adjacent to an activating group) is 1. The number of hydrogen-bond acceptors (Lipinski definition) is 3. The first kappa shape index (κ1) is 19.6. The molecule has 3 rings (SSSR count). The van der Waals surface area contributed by atoms with Gasteiger partial charge in [-0.3, -0.25) is 9.69 Å². The number of rotatable bonds is 4. The molecular weight excluding hydrogens is 347 g/mol. The van der Waals surface area contributed by atoms with Crippen LogP contribution < -0.4 is 10.6 Å². The second-order valence-electron chi connectivity index (χ2n) is 7.45. The van der Waals surface area contributed by atoms with Gasteiger partial charge in [-0.2, -0.15) is 0 Å². The number of piperidine rings is 2. The predicted octanol–water partition coefficient (Wildman–Crippen LogP) is 2.10. The highest BCUT2D eigenvalue weighted by molar-refractivity contribution is 5.87. The number of hydrogen-bond donors (Lipinski definition) is 2. The van der Waals surface area contributed by atoms with Crippen LogP contribution >= 0.6 is 0 Å². The zero-order valence-electron chi connectivity index (χ0n) is 15.9. The van der Waals surface area contributed by atoms with Gasteiger partial charge in [-0.1, -0.05) is 12.1 Å². The van der Waals surface area contributed by atoms with Gasteiger partial charge >= 0.3 is 6.03 Å². The molecule has 1 aromatic rings. The van der Waals surface area contributed by atoms with Crippen molar-refractivity contribution in [1.29, 1.82) is 0 Å². The van der Waals surface area contributed by atoms with Crippen molar-refractivity contribution in [3.63, 3.8) is 0 Å². The molecule has 2 fully saturated rings. The van der Waals surface area contributed by atoms with E-state index in [0.717, 1.165) is 57.3 Å². The molecule has 1 aromatic carbocycles. The summed E-state index contributed by atoms with van der Waals surface area (Å²) in [5.41, 5.74) is 1.10. The fourth-order valence-electron chi connectivity index (χ4n) is 3.95. The molecule has 0 spiro atoms. The average molecular weight is 376 g/mol. The lowest BCUT2D eigenvalue weighted by Crippen LogP contribution is -2.56. The van der Waals surface area contributed by atoms with Crippen molar-refractivity contribution in [3.05, 3.63) is 35.6 Å². The van der Waals surface area contributed by atoms with Crippen LogP contribution in [0, 0.1) is 5.82 Å². The standard InChI is InChI=1S/C20H29FN4O2/c1-22-19(26)18-4-2-3-11-25(18)20(27)23-17-9-12-24(13-10-17)14-15-5-7-16(21)8-6-15/h5-8,17-18H,2-4,9-14H2,1H3,(H,22,26)(H,23,27). The summed E-state index contributed by atoms with van der Waals surface area (Å²) in [6, 6.07) is 6.27. The summed E-state index contributed by atoms with van der Waals surface area (Å²) < 4.78 is 13.0. The Balaban J connectivity index is 1.47. The Morgan fingerprint density at radius 3 is 2.44 bits per heavy atom. The Labute approximate surface area is 160 Å². The van der Waals surface area contributed by atoms with E-state index in [1.807, 2.05) is 12.1 Å². The van der Waals surface area contributed by atoms with Gasteiger partial charge in [0.25, 0.3) is 0 Å². The molecule has 0 bridgehead atoms. The monoisotopic (exact) mass is 376 g/mol. The molecule has 1 atom stereocenters. The Bertz CT molecular complexity index is 644.